The molecule has 0 bridgehead atoms. The van der Waals surface area contributed by atoms with E-state index in [0.717, 1.165) is 13.9 Å². The second kappa shape index (κ2) is 2.55. The summed E-state index contributed by atoms with van der Waals surface area (Å²) in [7, 11) is 3.22. The highest BCUT2D eigenvalue weighted by Crippen LogP contribution is 2.29. The maximum absolute atomic E-state index is 9.14. The van der Waals surface area contributed by atoms with Crippen molar-refractivity contribution < 1.29 is 5.11 Å². The summed E-state index contributed by atoms with van der Waals surface area (Å²) in [6.07, 6.45) is 0. The van der Waals surface area contributed by atoms with E-state index in [2.05, 4.69) is 0 Å². The van der Waals surface area contributed by atoms with Crippen LogP contribution in [0.2, 0.25) is 0 Å². The van der Waals surface area contributed by atoms with Gasteiger partial charge >= 0.3 is 0 Å². The van der Waals surface area contributed by atoms with Gasteiger partial charge in [-0.25, -0.2) is 0 Å². The van der Waals surface area contributed by atoms with Gasteiger partial charge in [0.15, 0.2) is 0 Å². The monoisotopic (exact) mass is 200 g/mol. The number of benzene rings is 1. The lowest BCUT2D eigenvalue weighted by Gasteiger charge is -1.88. The van der Waals surface area contributed by atoms with Gasteiger partial charge in [-0.1, -0.05) is 32.9 Å². The van der Waals surface area contributed by atoms with E-state index in [1.54, 1.807) is 32.8 Å². The van der Waals surface area contributed by atoms with E-state index in [4.69, 9.17) is 17.3 Å². The van der Waals surface area contributed by atoms with Gasteiger partial charge < -0.3 is 5.11 Å². The molecule has 0 spiro atoms. The van der Waals surface area contributed by atoms with Crippen molar-refractivity contribution in [2.75, 3.05) is 0 Å². The van der Waals surface area contributed by atoms with E-state index < -0.39 is 0 Å². The molecule has 1 aromatic heterocycles. The van der Waals surface area contributed by atoms with Crippen LogP contribution in [0.15, 0.2) is 18.2 Å². The lowest BCUT2D eigenvalue weighted by molar-refractivity contribution is 0.476. The largest absolute Gasteiger partial charge is 0.508 e. The zero-order valence-electron chi connectivity index (χ0n) is 5.40. The van der Waals surface area contributed by atoms with Gasteiger partial charge in [-0.3, -0.25) is 0 Å². The third-order valence-corrected chi connectivity index (χ3v) is 4.46. The summed E-state index contributed by atoms with van der Waals surface area (Å²) in [6.45, 7) is 0. The molecular weight excluding hydrogens is 196 g/mol. The normalized spacial score (nSPS) is 10.5. The molecule has 0 aliphatic carbocycles. The Labute approximate surface area is 75.9 Å². The summed E-state index contributed by atoms with van der Waals surface area (Å²) in [5.41, 5.74) is 0. The zero-order chi connectivity index (χ0) is 7.84. The third-order valence-electron chi connectivity index (χ3n) is 1.39. The van der Waals surface area contributed by atoms with E-state index in [0.29, 0.717) is 0 Å². The lowest BCUT2D eigenvalue weighted by Crippen LogP contribution is -1.63. The van der Waals surface area contributed by atoms with Crippen LogP contribution in [0.3, 0.4) is 0 Å². The molecule has 56 valence electrons. The van der Waals surface area contributed by atoms with Crippen LogP contribution in [-0.4, -0.2) is 5.11 Å². The van der Waals surface area contributed by atoms with Gasteiger partial charge in [-0.2, -0.15) is 0 Å². The predicted molar refractivity (Wildman–Crippen MR) is 52.2 cm³/mol. The molecule has 0 radical (unpaired) electrons. The first-order valence-corrected chi connectivity index (χ1v) is 5.55. The molecule has 0 amide bonds. The van der Waals surface area contributed by atoms with Crippen LogP contribution in [0, 0.1) is 3.82 Å². The maximum atomic E-state index is 9.14. The molecule has 0 saturated carbocycles. The lowest BCUT2D eigenvalue weighted by atomic mass is 10.3. The maximum Gasteiger partial charge on any atom is 0.116 e. The first-order chi connectivity index (χ1) is 5.27. The van der Waals surface area contributed by atoms with E-state index in [-0.39, 0.29) is 5.75 Å². The Kier molecular flexibility index (Phi) is 1.67. The molecule has 1 nitrogen and oxygen atoms in total. The van der Waals surface area contributed by atoms with Gasteiger partial charge in [0.25, 0.3) is 0 Å². The fourth-order valence-electron chi connectivity index (χ4n) is 0.878. The third kappa shape index (κ3) is 1.17. The average molecular weight is 200 g/mol. The van der Waals surface area contributed by atoms with Crippen LogP contribution in [0.1, 0.15) is 0 Å². The van der Waals surface area contributed by atoms with Crippen molar-refractivity contribution in [3.8, 4) is 5.75 Å². The topological polar surface area (TPSA) is 20.2 Å². The number of aromatic hydroxyl groups is 1. The number of phenolic OH excluding ortho intramolecular Hbond substituents is 1. The highest BCUT2D eigenvalue weighted by atomic mass is 32.9. The Morgan fingerprint density at radius 1 is 1.27 bits per heavy atom. The average Bonchev–Trinajstić information content (AvgIpc) is 2.33. The number of hydrogen-bond acceptors (Lipinski definition) is 4. The molecule has 0 aliphatic rings. The predicted octanol–water partition coefficient (Wildman–Crippen LogP) is 3.40. The first-order valence-electron chi connectivity index (χ1n) is 2.99. The van der Waals surface area contributed by atoms with Crippen LogP contribution < -0.4 is 0 Å². The highest BCUT2D eigenvalue weighted by Gasteiger charge is 1.98. The van der Waals surface area contributed by atoms with Gasteiger partial charge in [0.1, 0.15) is 9.57 Å². The second-order valence-electron chi connectivity index (χ2n) is 2.13. The van der Waals surface area contributed by atoms with Gasteiger partial charge in [-0.15, -0.1) is 0 Å². The van der Waals surface area contributed by atoms with Crippen LogP contribution in [0.4, 0.5) is 0 Å². The fourth-order valence-corrected chi connectivity index (χ4v) is 3.48. The van der Waals surface area contributed by atoms with Crippen molar-refractivity contribution in [3.63, 3.8) is 0 Å². The molecule has 1 aromatic carbocycles. The summed E-state index contributed by atoms with van der Waals surface area (Å²) >= 11 is 5.06. The van der Waals surface area contributed by atoms with Gasteiger partial charge in [0, 0.05) is 10.1 Å². The number of hydrogen-bond donors (Lipinski definition) is 1. The van der Waals surface area contributed by atoms with Crippen LogP contribution in [-0.2, 0) is 0 Å². The summed E-state index contributed by atoms with van der Waals surface area (Å²) in [4.78, 5) is 0. The molecule has 0 unspecified atom stereocenters. The number of phenols is 1. The molecule has 1 heterocycles. The molecule has 0 fully saturated rings. The van der Waals surface area contributed by atoms with Crippen molar-refractivity contribution in [2.24, 2.45) is 0 Å². The van der Waals surface area contributed by atoms with E-state index in [1.165, 1.54) is 0 Å². The summed E-state index contributed by atoms with van der Waals surface area (Å²) in [6, 6.07) is 5.28. The zero-order valence-corrected chi connectivity index (χ0v) is 7.85. The van der Waals surface area contributed by atoms with Gasteiger partial charge in [0.2, 0.25) is 0 Å². The summed E-state index contributed by atoms with van der Waals surface area (Å²) in [5.74, 6) is 0.286. The quantitative estimate of drug-likeness (QED) is 0.519. The SMILES string of the molecule is Oc1ccc2ssc(=S)c2c1. The minimum atomic E-state index is 0.286. The molecule has 2 aromatic rings. The minimum Gasteiger partial charge on any atom is -0.508 e. The van der Waals surface area contributed by atoms with Gasteiger partial charge in [0.05, 0.1) is 0 Å². The van der Waals surface area contributed by atoms with Crippen molar-refractivity contribution in [3.05, 3.63) is 22.0 Å². The Balaban J connectivity index is 2.99. The molecule has 0 saturated heterocycles. The molecule has 2 rings (SSSR count). The van der Waals surface area contributed by atoms with E-state index in [1.807, 2.05) is 6.07 Å². The summed E-state index contributed by atoms with van der Waals surface area (Å²) < 4.78 is 2.01. The molecule has 4 heteroatoms. The van der Waals surface area contributed by atoms with Crippen LogP contribution in [0.25, 0.3) is 10.1 Å². The second-order valence-corrected chi connectivity index (χ2v) is 4.98. The Morgan fingerprint density at radius 3 is 2.91 bits per heavy atom. The Hall–Kier alpha value is -0.450. The van der Waals surface area contributed by atoms with Crippen molar-refractivity contribution >= 4 is 43.0 Å². The molecule has 1 N–H and O–H groups in total. The van der Waals surface area contributed by atoms with Gasteiger partial charge in [-0.05, 0) is 18.2 Å². The smallest absolute Gasteiger partial charge is 0.116 e. The Bertz CT molecular complexity index is 440. The standard InChI is InChI=1S/C7H4OS3/c8-4-1-2-6-5(3-4)7(9)11-10-6/h1-3,8H. The minimum absolute atomic E-state index is 0.286. The molecular formula is C7H4OS3. The first kappa shape index (κ1) is 7.21. The fraction of sp³-hybridized carbons (Fsp3) is 0. The number of fused-ring (bicyclic) bond motifs is 1. The van der Waals surface area contributed by atoms with Crippen molar-refractivity contribution in [1.29, 1.82) is 0 Å². The van der Waals surface area contributed by atoms with E-state index in [9.17, 15) is 0 Å². The highest BCUT2D eigenvalue weighted by molar-refractivity contribution is 7.81. The van der Waals surface area contributed by atoms with E-state index >= 15 is 0 Å². The van der Waals surface area contributed by atoms with Crippen LogP contribution in [0.5, 0.6) is 5.75 Å². The van der Waals surface area contributed by atoms with Crippen LogP contribution >= 0.6 is 32.9 Å². The molecule has 0 atom stereocenters. The van der Waals surface area contributed by atoms with Crippen molar-refractivity contribution in [1.82, 2.24) is 0 Å². The summed E-state index contributed by atoms with van der Waals surface area (Å²) in [5, 5.41) is 10.1. The Morgan fingerprint density at radius 2 is 2.09 bits per heavy atom. The van der Waals surface area contributed by atoms with Crippen molar-refractivity contribution in [2.45, 2.75) is 0 Å². The number of rotatable bonds is 0. The molecule has 11 heavy (non-hydrogen) atoms. The molecule has 0 aliphatic heterocycles.